The number of rotatable bonds is 6. The third kappa shape index (κ3) is 5.40. The number of nitrogens with zero attached hydrogens (tertiary/aromatic N) is 1. The normalized spacial score (nSPS) is 18.4. The third-order valence-electron chi connectivity index (χ3n) is 6.59. The molecule has 188 valence electrons. The summed E-state index contributed by atoms with van der Waals surface area (Å²) in [5.41, 5.74) is 4.27. The zero-order valence-electron chi connectivity index (χ0n) is 20.4. The molecular formula is C29H30ClNO5. The Morgan fingerprint density at radius 1 is 1.06 bits per heavy atom. The lowest BCUT2D eigenvalue weighted by Crippen LogP contribution is -2.33. The van der Waals surface area contributed by atoms with Gasteiger partial charge in [-0.3, -0.25) is 4.79 Å². The van der Waals surface area contributed by atoms with E-state index in [1.807, 2.05) is 61.2 Å². The Hall–Kier alpha value is -3.35. The highest BCUT2D eigenvalue weighted by Gasteiger charge is 2.36. The maximum absolute atomic E-state index is 12.8. The molecule has 2 N–H and O–H groups in total. The van der Waals surface area contributed by atoms with Crippen LogP contribution in [0.4, 0.5) is 0 Å². The van der Waals surface area contributed by atoms with Crippen molar-refractivity contribution in [3.8, 4) is 16.9 Å². The number of carboxylic acids is 1. The van der Waals surface area contributed by atoms with Gasteiger partial charge in [0, 0.05) is 18.2 Å². The largest absolute Gasteiger partial charge is 0.489 e. The maximum Gasteiger partial charge on any atom is 0.337 e. The molecule has 1 saturated carbocycles. The van der Waals surface area contributed by atoms with Gasteiger partial charge in [0.1, 0.15) is 12.4 Å². The van der Waals surface area contributed by atoms with Gasteiger partial charge in [-0.2, -0.15) is 0 Å². The van der Waals surface area contributed by atoms with Gasteiger partial charge in [0.2, 0.25) is 0 Å². The molecule has 1 fully saturated rings. The van der Waals surface area contributed by atoms with Gasteiger partial charge in [-0.15, -0.1) is 0 Å². The fraction of sp³-hybridized carbons (Fsp3) is 0.310. The lowest BCUT2D eigenvalue weighted by molar-refractivity contribution is 0.0683. The molecule has 3 aromatic carbocycles. The molecule has 3 aromatic rings. The van der Waals surface area contributed by atoms with E-state index in [-0.39, 0.29) is 28.6 Å². The number of fused-ring (bicyclic) bond motifs is 1. The van der Waals surface area contributed by atoms with Crippen LogP contribution >= 0.6 is 11.6 Å². The van der Waals surface area contributed by atoms with Crippen LogP contribution in [0.25, 0.3) is 11.1 Å². The van der Waals surface area contributed by atoms with Crippen molar-refractivity contribution < 1.29 is 24.5 Å². The van der Waals surface area contributed by atoms with Crippen molar-refractivity contribution in [3.05, 3.63) is 87.9 Å². The first-order valence-corrected chi connectivity index (χ1v) is 12.6. The van der Waals surface area contributed by atoms with E-state index < -0.39 is 5.97 Å². The van der Waals surface area contributed by atoms with E-state index in [0.717, 1.165) is 35.1 Å². The fourth-order valence-electron chi connectivity index (χ4n) is 4.80. The minimum absolute atomic E-state index is 0.0250. The van der Waals surface area contributed by atoms with E-state index in [2.05, 4.69) is 0 Å². The molecule has 0 aromatic heterocycles. The molecule has 0 spiro atoms. The average molecular weight is 508 g/mol. The topological polar surface area (TPSA) is 87.1 Å². The molecule has 6 nitrogen and oxygen atoms in total. The number of carbonyl (C=O) groups excluding carboxylic acids is 1. The number of ether oxygens (including phenoxy) is 1. The van der Waals surface area contributed by atoms with Crippen LogP contribution in [0, 0.1) is 0 Å². The Labute approximate surface area is 216 Å². The molecule has 2 atom stereocenters. The van der Waals surface area contributed by atoms with Crippen LogP contribution in [-0.2, 0) is 13.2 Å². The number of aliphatic hydroxyl groups excluding tert-OH is 1. The van der Waals surface area contributed by atoms with Gasteiger partial charge in [-0.1, -0.05) is 49.7 Å². The summed E-state index contributed by atoms with van der Waals surface area (Å²) in [6.07, 6.45) is 1.90. The highest BCUT2D eigenvalue weighted by atomic mass is 35.5. The van der Waals surface area contributed by atoms with Gasteiger partial charge in [0.15, 0.2) is 0 Å². The number of aromatic carboxylic acids is 1. The number of carbonyl (C=O) groups is 2. The van der Waals surface area contributed by atoms with Crippen molar-refractivity contribution in [1.82, 2.24) is 4.90 Å². The van der Waals surface area contributed by atoms with Crippen molar-refractivity contribution in [3.63, 3.8) is 0 Å². The highest BCUT2D eigenvalue weighted by Crippen LogP contribution is 2.34. The third-order valence-corrected chi connectivity index (χ3v) is 6.92. The van der Waals surface area contributed by atoms with E-state index in [0.29, 0.717) is 30.9 Å². The smallest absolute Gasteiger partial charge is 0.337 e. The van der Waals surface area contributed by atoms with Crippen LogP contribution in [0.2, 0.25) is 5.02 Å². The molecule has 1 amide bonds. The molecule has 0 radical (unpaired) electrons. The molecule has 1 heterocycles. The van der Waals surface area contributed by atoms with Crippen molar-refractivity contribution in [2.75, 3.05) is 0 Å². The number of amides is 1. The van der Waals surface area contributed by atoms with Crippen LogP contribution < -0.4 is 4.74 Å². The molecule has 0 saturated heterocycles. The van der Waals surface area contributed by atoms with Crippen LogP contribution in [0.5, 0.6) is 5.75 Å². The standard InChI is InChI=1S/C27H24ClNO5.C2H6/c28-25-9-4-18(12-24(25)27(32)33)17-3-1-2-16(10-17)15-34-22-7-8-23-19(11-22)14-29(26(23)31)20-5-6-21(30)13-20;1-2/h1-4,7-12,20-21,30H,5-6,13-15H2,(H,32,33);1-2H3. The number of hydrogen-bond donors (Lipinski definition) is 2. The molecule has 2 aliphatic rings. The van der Waals surface area contributed by atoms with Gasteiger partial charge in [-0.25, -0.2) is 4.79 Å². The molecule has 0 bridgehead atoms. The van der Waals surface area contributed by atoms with E-state index >= 15 is 0 Å². The molecule has 5 rings (SSSR count). The Kier molecular flexibility index (Phi) is 7.97. The van der Waals surface area contributed by atoms with Crippen LogP contribution in [0.1, 0.15) is 65.0 Å². The summed E-state index contributed by atoms with van der Waals surface area (Å²) >= 11 is 5.99. The first-order chi connectivity index (χ1) is 17.4. The summed E-state index contributed by atoms with van der Waals surface area (Å²) in [4.78, 5) is 26.1. The highest BCUT2D eigenvalue weighted by molar-refractivity contribution is 6.33. The summed E-state index contributed by atoms with van der Waals surface area (Å²) < 4.78 is 6.02. The maximum atomic E-state index is 12.8. The van der Waals surface area contributed by atoms with Crippen molar-refractivity contribution in [1.29, 1.82) is 0 Å². The molecule has 2 unspecified atom stereocenters. The van der Waals surface area contributed by atoms with Gasteiger partial charge < -0.3 is 19.8 Å². The van der Waals surface area contributed by atoms with Crippen molar-refractivity contribution in [2.45, 2.75) is 58.4 Å². The lowest BCUT2D eigenvalue weighted by atomic mass is 10.0. The van der Waals surface area contributed by atoms with Gasteiger partial charge in [0.25, 0.3) is 5.91 Å². The van der Waals surface area contributed by atoms with Gasteiger partial charge in [-0.05, 0) is 77.9 Å². The molecular weight excluding hydrogens is 478 g/mol. The van der Waals surface area contributed by atoms with Gasteiger partial charge in [0.05, 0.1) is 16.7 Å². The number of aliphatic hydroxyl groups is 1. The molecule has 36 heavy (non-hydrogen) atoms. The number of halogens is 1. The first-order valence-electron chi connectivity index (χ1n) is 12.3. The van der Waals surface area contributed by atoms with Crippen LogP contribution in [-0.4, -0.2) is 39.1 Å². The Bertz CT molecular complexity index is 1270. The predicted molar refractivity (Wildman–Crippen MR) is 139 cm³/mol. The predicted octanol–water partition coefficient (Wildman–Crippen LogP) is 6.18. The van der Waals surface area contributed by atoms with E-state index in [1.165, 1.54) is 0 Å². The van der Waals surface area contributed by atoms with E-state index in [1.54, 1.807) is 18.2 Å². The van der Waals surface area contributed by atoms with Gasteiger partial charge >= 0.3 is 5.97 Å². The minimum Gasteiger partial charge on any atom is -0.489 e. The lowest BCUT2D eigenvalue weighted by Gasteiger charge is -2.23. The second-order valence-electron chi connectivity index (χ2n) is 8.86. The quantitative estimate of drug-likeness (QED) is 0.416. The second kappa shape index (κ2) is 11.1. The number of carboxylic acid groups (broad SMARTS) is 1. The Morgan fingerprint density at radius 3 is 2.56 bits per heavy atom. The fourth-order valence-corrected chi connectivity index (χ4v) is 5.00. The van der Waals surface area contributed by atoms with Crippen LogP contribution in [0.3, 0.4) is 0 Å². The van der Waals surface area contributed by atoms with E-state index in [4.69, 9.17) is 16.3 Å². The van der Waals surface area contributed by atoms with Crippen molar-refractivity contribution in [2.24, 2.45) is 0 Å². The Balaban J connectivity index is 0.00000148. The summed E-state index contributed by atoms with van der Waals surface area (Å²) in [5.74, 6) is -0.355. The molecule has 1 aliphatic heterocycles. The summed E-state index contributed by atoms with van der Waals surface area (Å²) in [7, 11) is 0. The Morgan fingerprint density at radius 2 is 1.83 bits per heavy atom. The zero-order valence-corrected chi connectivity index (χ0v) is 21.2. The average Bonchev–Trinajstić information content (AvgIpc) is 3.46. The first kappa shape index (κ1) is 25.7. The minimum atomic E-state index is -1.07. The summed E-state index contributed by atoms with van der Waals surface area (Å²) in [5, 5.41) is 19.4. The zero-order chi connectivity index (χ0) is 25.8. The van der Waals surface area contributed by atoms with E-state index in [9.17, 15) is 19.8 Å². The monoisotopic (exact) mass is 507 g/mol. The summed E-state index contributed by atoms with van der Waals surface area (Å²) in [6.45, 7) is 4.87. The molecule has 7 heteroatoms. The SMILES string of the molecule is CC.O=C(O)c1cc(-c2cccc(COc3ccc4c(c3)CN(C3CCC(O)C3)C4=O)c2)ccc1Cl. The second-order valence-corrected chi connectivity index (χ2v) is 9.27. The number of hydrogen-bond acceptors (Lipinski definition) is 4. The van der Waals surface area contributed by atoms with Crippen molar-refractivity contribution >= 4 is 23.5 Å². The van der Waals surface area contributed by atoms with Crippen LogP contribution in [0.15, 0.2) is 60.7 Å². The number of benzene rings is 3. The summed E-state index contributed by atoms with van der Waals surface area (Å²) in [6, 6.07) is 18.3. The molecule has 1 aliphatic carbocycles.